The molecule has 0 spiro atoms. The molecule has 0 aliphatic heterocycles. The van der Waals surface area contributed by atoms with Crippen molar-refractivity contribution < 1.29 is 8.42 Å². The smallest absolute Gasteiger partial charge is 0.212 e. The first-order valence-corrected chi connectivity index (χ1v) is 8.55. The molecule has 1 rings (SSSR count). The van der Waals surface area contributed by atoms with Crippen LogP contribution < -0.4 is 0 Å². The van der Waals surface area contributed by atoms with E-state index in [0.717, 1.165) is 9.35 Å². The second-order valence-corrected chi connectivity index (χ2v) is 9.70. The highest BCUT2D eigenvalue weighted by Gasteiger charge is 2.25. The summed E-state index contributed by atoms with van der Waals surface area (Å²) in [6.07, 6.45) is 0. The van der Waals surface area contributed by atoms with Crippen LogP contribution in [0.15, 0.2) is 15.2 Å². The zero-order valence-corrected chi connectivity index (χ0v) is 13.7. The fourth-order valence-corrected chi connectivity index (χ4v) is 4.30. The van der Waals surface area contributed by atoms with E-state index < -0.39 is 10.0 Å². The summed E-state index contributed by atoms with van der Waals surface area (Å²) in [6, 6.07) is 1.95. The maximum absolute atomic E-state index is 12.1. The summed E-state index contributed by atoms with van der Waals surface area (Å²) in [7, 11) is -1.55. The summed E-state index contributed by atoms with van der Waals surface area (Å²) in [5.41, 5.74) is 0.796. The Kier molecular flexibility index (Phi) is 4.80. The van der Waals surface area contributed by atoms with Crippen LogP contribution in [0.1, 0.15) is 26.3 Å². The van der Waals surface area contributed by atoms with E-state index in [-0.39, 0.29) is 11.2 Å². The Hall–Kier alpha value is 0.0900. The minimum atomic E-state index is -3.18. The molecule has 0 atom stereocenters. The van der Waals surface area contributed by atoms with E-state index in [1.54, 1.807) is 18.4 Å². The monoisotopic (exact) mass is 339 g/mol. The first kappa shape index (κ1) is 15.1. The van der Waals surface area contributed by atoms with Gasteiger partial charge in [0.1, 0.15) is 0 Å². The molecule has 0 saturated carbocycles. The number of rotatable bonds is 4. The topological polar surface area (TPSA) is 37.4 Å². The van der Waals surface area contributed by atoms with Crippen molar-refractivity contribution in [3.05, 3.63) is 20.8 Å². The quantitative estimate of drug-likeness (QED) is 0.843. The lowest BCUT2D eigenvalue weighted by Gasteiger charge is -2.23. The Morgan fingerprint density at radius 2 is 2.00 bits per heavy atom. The molecular weight excluding hydrogens is 322 g/mol. The Bertz CT molecular complexity index is 474. The van der Waals surface area contributed by atoms with E-state index in [4.69, 9.17) is 0 Å². The molecule has 0 saturated heterocycles. The summed E-state index contributed by atoms with van der Waals surface area (Å²) in [5, 5.41) is 1.97. The van der Waals surface area contributed by atoms with Crippen molar-refractivity contribution in [2.75, 3.05) is 12.8 Å². The molecule has 3 nitrogen and oxygen atoms in total. The molecule has 0 amide bonds. The highest BCUT2D eigenvalue weighted by molar-refractivity contribution is 9.11. The Labute approximate surface area is 116 Å². The highest BCUT2D eigenvalue weighted by Crippen LogP contribution is 2.23. The molecule has 0 aliphatic carbocycles. The normalized spacial score (nSPS) is 13.3. The van der Waals surface area contributed by atoms with Crippen LogP contribution in [0.2, 0.25) is 0 Å². The summed E-state index contributed by atoms with van der Waals surface area (Å²) >= 11 is 4.94. The highest BCUT2D eigenvalue weighted by atomic mass is 79.9. The van der Waals surface area contributed by atoms with E-state index >= 15 is 0 Å². The van der Waals surface area contributed by atoms with Crippen molar-refractivity contribution in [1.29, 1.82) is 0 Å². The molecule has 0 radical (unpaired) electrons. The van der Waals surface area contributed by atoms with Gasteiger partial charge in [0, 0.05) is 13.6 Å². The van der Waals surface area contributed by atoms with Crippen molar-refractivity contribution in [2.45, 2.75) is 27.3 Å². The van der Waals surface area contributed by atoms with Crippen LogP contribution in [0.25, 0.3) is 0 Å². The van der Waals surface area contributed by atoms with Crippen LogP contribution in [-0.4, -0.2) is 25.5 Å². The average Bonchev–Trinajstić information content (AvgIpc) is 2.46. The van der Waals surface area contributed by atoms with Gasteiger partial charge in [-0.05, 0) is 38.4 Å². The predicted octanol–water partition coefficient (Wildman–Crippen LogP) is 3.32. The lowest BCUT2D eigenvalue weighted by atomic mass is 10.0. The first-order valence-electron chi connectivity index (χ1n) is 5.27. The van der Waals surface area contributed by atoms with Crippen LogP contribution in [0.4, 0.5) is 0 Å². The van der Waals surface area contributed by atoms with Crippen molar-refractivity contribution in [1.82, 2.24) is 4.31 Å². The maximum atomic E-state index is 12.1. The minimum Gasteiger partial charge on any atom is -0.212 e. The predicted molar refractivity (Wildman–Crippen MR) is 76.7 cm³/mol. The van der Waals surface area contributed by atoms with Gasteiger partial charge in [0.2, 0.25) is 10.0 Å². The van der Waals surface area contributed by atoms with Gasteiger partial charge in [-0.2, -0.15) is 0 Å². The van der Waals surface area contributed by atoms with Crippen LogP contribution in [0.3, 0.4) is 0 Å². The minimum absolute atomic E-state index is 0.168. The zero-order chi connectivity index (χ0) is 13.3. The van der Waals surface area contributed by atoms with Crippen LogP contribution >= 0.6 is 27.3 Å². The molecule has 1 heterocycles. The fourth-order valence-electron chi connectivity index (χ4n) is 1.44. The largest absolute Gasteiger partial charge is 0.214 e. The van der Waals surface area contributed by atoms with Gasteiger partial charge in [0.05, 0.1) is 9.54 Å². The van der Waals surface area contributed by atoms with Crippen molar-refractivity contribution in [3.63, 3.8) is 0 Å². The van der Waals surface area contributed by atoms with Gasteiger partial charge in [0.15, 0.2) is 0 Å². The Morgan fingerprint density at radius 1 is 1.41 bits per heavy atom. The third-order valence-electron chi connectivity index (χ3n) is 2.12. The SMILES string of the molecule is CN(Cc1csc(Br)c1)S(=O)(=O)CC(C)(C)C. The summed E-state index contributed by atoms with van der Waals surface area (Å²) in [4.78, 5) is 0. The van der Waals surface area contributed by atoms with Gasteiger partial charge in [-0.1, -0.05) is 20.8 Å². The number of hydrogen-bond acceptors (Lipinski definition) is 3. The molecule has 17 heavy (non-hydrogen) atoms. The lowest BCUT2D eigenvalue weighted by molar-refractivity contribution is 0.420. The number of sulfonamides is 1. The third kappa shape index (κ3) is 5.07. The molecular formula is C11H18BrNO2S2. The standard InChI is InChI=1S/C11H18BrNO2S2/c1-11(2,3)8-17(14,15)13(4)6-9-5-10(12)16-7-9/h5,7H,6,8H2,1-4H3. The van der Waals surface area contributed by atoms with Crippen LogP contribution in [-0.2, 0) is 16.6 Å². The number of hydrogen-bond donors (Lipinski definition) is 0. The Balaban J connectivity index is 2.73. The number of nitrogens with zero attached hydrogens (tertiary/aromatic N) is 1. The van der Waals surface area contributed by atoms with Crippen molar-refractivity contribution in [2.24, 2.45) is 5.41 Å². The van der Waals surface area contributed by atoms with Gasteiger partial charge in [-0.25, -0.2) is 12.7 Å². The molecule has 0 bridgehead atoms. The molecule has 1 aromatic rings. The van der Waals surface area contributed by atoms with E-state index in [2.05, 4.69) is 15.9 Å². The second-order valence-electron chi connectivity index (χ2n) is 5.33. The van der Waals surface area contributed by atoms with Crippen molar-refractivity contribution in [3.8, 4) is 0 Å². The molecule has 0 fully saturated rings. The zero-order valence-electron chi connectivity index (χ0n) is 10.5. The maximum Gasteiger partial charge on any atom is 0.214 e. The van der Waals surface area contributed by atoms with E-state index in [0.29, 0.717) is 6.54 Å². The summed E-state index contributed by atoms with van der Waals surface area (Å²) in [6.45, 7) is 6.22. The van der Waals surface area contributed by atoms with E-state index in [1.165, 1.54) is 4.31 Å². The van der Waals surface area contributed by atoms with Gasteiger partial charge in [0.25, 0.3) is 0 Å². The molecule has 1 aromatic heterocycles. The van der Waals surface area contributed by atoms with Gasteiger partial charge in [-0.15, -0.1) is 11.3 Å². The molecule has 0 N–H and O–H groups in total. The van der Waals surface area contributed by atoms with Crippen LogP contribution in [0, 0.1) is 5.41 Å². The molecule has 98 valence electrons. The van der Waals surface area contributed by atoms with Crippen molar-refractivity contribution >= 4 is 37.3 Å². The molecule has 0 unspecified atom stereocenters. The summed E-state index contributed by atoms with van der Waals surface area (Å²) in [5.74, 6) is 0.168. The first-order chi connectivity index (χ1) is 7.60. The number of thiophene rings is 1. The van der Waals surface area contributed by atoms with Gasteiger partial charge in [-0.3, -0.25) is 0 Å². The lowest BCUT2D eigenvalue weighted by Crippen LogP contribution is -2.33. The summed E-state index contributed by atoms with van der Waals surface area (Å²) < 4.78 is 26.6. The second kappa shape index (κ2) is 5.38. The third-order valence-corrected chi connectivity index (χ3v) is 5.98. The van der Waals surface area contributed by atoms with E-state index in [9.17, 15) is 8.42 Å². The number of halogens is 1. The van der Waals surface area contributed by atoms with Gasteiger partial charge < -0.3 is 0 Å². The molecule has 0 aromatic carbocycles. The fraction of sp³-hybridized carbons (Fsp3) is 0.636. The van der Waals surface area contributed by atoms with Gasteiger partial charge >= 0.3 is 0 Å². The van der Waals surface area contributed by atoms with Crippen LogP contribution in [0.5, 0.6) is 0 Å². The van der Waals surface area contributed by atoms with E-state index in [1.807, 2.05) is 32.2 Å². The molecule has 0 aliphatic rings. The Morgan fingerprint density at radius 3 is 2.41 bits per heavy atom. The molecule has 6 heteroatoms. The average molecular weight is 340 g/mol.